The predicted octanol–water partition coefficient (Wildman–Crippen LogP) is 1.48. The second-order valence-corrected chi connectivity index (χ2v) is 4.37. The summed E-state index contributed by atoms with van der Waals surface area (Å²) >= 11 is 2.18. The van der Waals surface area contributed by atoms with E-state index in [0.717, 1.165) is 20.5 Å². The van der Waals surface area contributed by atoms with Gasteiger partial charge in [0.2, 0.25) is 0 Å². The lowest BCUT2D eigenvalue weighted by atomic mass is 10.1. The quantitative estimate of drug-likeness (QED) is 0.592. The number of aromatic nitrogens is 3. The van der Waals surface area contributed by atoms with Gasteiger partial charge in [-0.05, 0) is 47.6 Å². The average molecular weight is 303 g/mol. The van der Waals surface area contributed by atoms with E-state index < -0.39 is 0 Å². The first-order chi connectivity index (χ1) is 6.52. The molecule has 0 aliphatic heterocycles. The summed E-state index contributed by atoms with van der Waals surface area (Å²) in [5.74, 6) is 0. The van der Waals surface area contributed by atoms with Crippen LogP contribution in [0.1, 0.15) is 11.1 Å². The van der Waals surface area contributed by atoms with Gasteiger partial charge in [0.05, 0.1) is 5.39 Å². The minimum Gasteiger partial charge on any atom is -0.270 e. The molecule has 2 rings (SSSR count). The summed E-state index contributed by atoms with van der Waals surface area (Å²) in [6.07, 6.45) is 0. The zero-order valence-corrected chi connectivity index (χ0v) is 10.3. The zero-order valence-electron chi connectivity index (χ0n) is 8.18. The van der Waals surface area contributed by atoms with Crippen molar-refractivity contribution in [2.75, 3.05) is 0 Å². The molecule has 0 unspecified atom stereocenters. The second-order valence-electron chi connectivity index (χ2n) is 3.35. The number of nitrogens with one attached hydrogen (secondary N) is 1. The van der Waals surface area contributed by atoms with E-state index in [0.29, 0.717) is 5.39 Å². The van der Waals surface area contributed by atoms with Crippen molar-refractivity contribution >= 4 is 33.6 Å². The highest BCUT2D eigenvalue weighted by Gasteiger charge is 2.12. The van der Waals surface area contributed by atoms with Crippen LogP contribution < -0.4 is 5.56 Å². The molecular weight excluding hydrogens is 293 g/mol. The van der Waals surface area contributed by atoms with Crippen molar-refractivity contribution < 1.29 is 0 Å². The van der Waals surface area contributed by atoms with Gasteiger partial charge >= 0.3 is 0 Å². The molecule has 0 bridgehead atoms. The largest absolute Gasteiger partial charge is 0.273 e. The van der Waals surface area contributed by atoms with Crippen molar-refractivity contribution in [3.8, 4) is 0 Å². The van der Waals surface area contributed by atoms with Crippen LogP contribution >= 0.6 is 22.6 Å². The topological polar surface area (TPSA) is 50.7 Å². The van der Waals surface area contributed by atoms with E-state index >= 15 is 0 Å². The summed E-state index contributed by atoms with van der Waals surface area (Å²) in [6, 6.07) is 0. The Kier molecular flexibility index (Phi) is 2.13. The Hall–Kier alpha value is -0.850. The normalized spacial score (nSPS) is 11.1. The van der Waals surface area contributed by atoms with Crippen LogP contribution in [0, 0.1) is 17.5 Å². The van der Waals surface area contributed by atoms with E-state index in [1.807, 2.05) is 13.8 Å². The van der Waals surface area contributed by atoms with Crippen molar-refractivity contribution in [2.45, 2.75) is 13.8 Å². The molecule has 2 heterocycles. The van der Waals surface area contributed by atoms with Gasteiger partial charge in [-0.3, -0.25) is 14.6 Å². The minimum atomic E-state index is -0.0630. The van der Waals surface area contributed by atoms with E-state index in [-0.39, 0.29) is 5.56 Å². The molecule has 0 aliphatic carbocycles. The molecule has 1 N–H and O–H groups in total. The number of hydrogen-bond donors (Lipinski definition) is 1. The van der Waals surface area contributed by atoms with E-state index in [1.165, 1.54) is 0 Å². The molecule has 0 atom stereocenters. The molecule has 74 valence electrons. The molecule has 0 aliphatic rings. The van der Waals surface area contributed by atoms with Crippen LogP contribution in [0.15, 0.2) is 4.79 Å². The maximum Gasteiger partial charge on any atom is 0.273 e. The summed E-state index contributed by atoms with van der Waals surface area (Å²) in [5, 5.41) is 3.41. The van der Waals surface area contributed by atoms with Gasteiger partial charge in [0, 0.05) is 7.05 Å². The van der Waals surface area contributed by atoms with Gasteiger partial charge in [-0.2, -0.15) is 0 Å². The number of halogens is 1. The Balaban J connectivity index is 3.09. The maximum atomic E-state index is 11.6. The standard InChI is InChI=1S/C9H10IN3O/c1-4-5(2)7(10)11-8-6(4)9(14)12-13(8)3/h1-3H3,(H,12,14). The van der Waals surface area contributed by atoms with Crippen LogP contribution in [0.25, 0.3) is 11.0 Å². The molecule has 4 nitrogen and oxygen atoms in total. The molecule has 0 amide bonds. The molecule has 0 radical (unpaired) electrons. The summed E-state index contributed by atoms with van der Waals surface area (Å²) < 4.78 is 2.61. The zero-order chi connectivity index (χ0) is 10.5. The Morgan fingerprint density at radius 1 is 1.36 bits per heavy atom. The van der Waals surface area contributed by atoms with Gasteiger partial charge in [-0.25, -0.2) is 4.98 Å². The van der Waals surface area contributed by atoms with Gasteiger partial charge in [-0.1, -0.05) is 0 Å². The number of aryl methyl sites for hydroxylation is 2. The third-order valence-corrected chi connectivity index (χ3v) is 3.54. The SMILES string of the molecule is Cc1c(I)nc2c(c1C)c(=O)[nH]n2C. The fraction of sp³-hybridized carbons (Fsp3) is 0.333. The Bertz CT molecular complexity index is 567. The second kappa shape index (κ2) is 3.08. The lowest BCUT2D eigenvalue weighted by molar-refractivity contribution is 0.773. The van der Waals surface area contributed by atoms with Gasteiger partial charge in [-0.15, -0.1) is 0 Å². The fourth-order valence-corrected chi connectivity index (χ4v) is 2.15. The van der Waals surface area contributed by atoms with Crippen molar-refractivity contribution in [3.63, 3.8) is 0 Å². The van der Waals surface area contributed by atoms with E-state index in [4.69, 9.17) is 0 Å². The van der Waals surface area contributed by atoms with Crippen molar-refractivity contribution in [1.29, 1.82) is 0 Å². The number of hydrogen-bond acceptors (Lipinski definition) is 2. The highest BCUT2D eigenvalue weighted by atomic mass is 127. The summed E-state index contributed by atoms with van der Waals surface area (Å²) in [4.78, 5) is 15.9. The number of fused-ring (bicyclic) bond motifs is 1. The Morgan fingerprint density at radius 2 is 2.00 bits per heavy atom. The maximum absolute atomic E-state index is 11.6. The van der Waals surface area contributed by atoms with Crippen LogP contribution in [0.5, 0.6) is 0 Å². The Morgan fingerprint density at radius 3 is 2.64 bits per heavy atom. The first-order valence-electron chi connectivity index (χ1n) is 4.23. The first kappa shape index (κ1) is 9.70. The number of pyridine rings is 1. The minimum absolute atomic E-state index is 0.0630. The molecule has 14 heavy (non-hydrogen) atoms. The summed E-state index contributed by atoms with van der Waals surface area (Å²) in [5.41, 5.74) is 2.76. The highest BCUT2D eigenvalue weighted by molar-refractivity contribution is 14.1. The fourth-order valence-electron chi connectivity index (χ4n) is 1.52. The van der Waals surface area contributed by atoms with Crippen LogP contribution in [0.3, 0.4) is 0 Å². The lowest BCUT2D eigenvalue weighted by Gasteiger charge is -2.03. The van der Waals surface area contributed by atoms with Crippen LogP contribution in [-0.4, -0.2) is 14.8 Å². The molecule has 0 spiro atoms. The number of H-pyrrole nitrogens is 1. The Labute approximate surface area is 94.5 Å². The van der Waals surface area contributed by atoms with E-state index in [2.05, 4.69) is 32.7 Å². The first-order valence-corrected chi connectivity index (χ1v) is 5.31. The van der Waals surface area contributed by atoms with Crippen LogP contribution in [-0.2, 0) is 7.05 Å². The number of aromatic amines is 1. The molecule has 0 aromatic carbocycles. The predicted molar refractivity (Wildman–Crippen MR) is 63.5 cm³/mol. The lowest BCUT2D eigenvalue weighted by Crippen LogP contribution is -2.02. The number of nitrogens with zero attached hydrogens (tertiary/aromatic N) is 2. The van der Waals surface area contributed by atoms with Gasteiger partial charge in [0.15, 0.2) is 5.65 Å². The van der Waals surface area contributed by atoms with E-state index in [1.54, 1.807) is 11.7 Å². The third kappa shape index (κ3) is 1.18. The third-order valence-electron chi connectivity index (χ3n) is 2.49. The van der Waals surface area contributed by atoms with Gasteiger partial charge in [0.25, 0.3) is 5.56 Å². The van der Waals surface area contributed by atoms with Crippen molar-refractivity contribution in [2.24, 2.45) is 7.05 Å². The van der Waals surface area contributed by atoms with Gasteiger partial charge < -0.3 is 0 Å². The van der Waals surface area contributed by atoms with E-state index in [9.17, 15) is 4.79 Å². The highest BCUT2D eigenvalue weighted by Crippen LogP contribution is 2.19. The van der Waals surface area contributed by atoms with Crippen LogP contribution in [0.4, 0.5) is 0 Å². The van der Waals surface area contributed by atoms with Crippen molar-refractivity contribution in [1.82, 2.24) is 14.8 Å². The summed E-state index contributed by atoms with van der Waals surface area (Å²) in [7, 11) is 1.79. The van der Waals surface area contributed by atoms with Crippen molar-refractivity contribution in [3.05, 3.63) is 25.2 Å². The molecule has 2 aromatic rings. The summed E-state index contributed by atoms with van der Waals surface area (Å²) in [6.45, 7) is 3.94. The molecule has 0 saturated heterocycles. The van der Waals surface area contributed by atoms with Crippen LogP contribution in [0.2, 0.25) is 0 Å². The smallest absolute Gasteiger partial charge is 0.270 e. The number of rotatable bonds is 0. The molecule has 5 heteroatoms. The molecule has 2 aromatic heterocycles. The average Bonchev–Trinajstić information content (AvgIpc) is 2.38. The van der Waals surface area contributed by atoms with Gasteiger partial charge in [0.1, 0.15) is 3.70 Å². The molecule has 0 fully saturated rings. The molecular formula is C9H10IN3O. The monoisotopic (exact) mass is 303 g/mol. The molecule has 0 saturated carbocycles.